The maximum absolute atomic E-state index is 13.5. The molecule has 0 aliphatic carbocycles. The summed E-state index contributed by atoms with van der Waals surface area (Å²) in [6.07, 6.45) is 1.52. The van der Waals surface area contributed by atoms with Gasteiger partial charge in [0.1, 0.15) is 18.1 Å². The van der Waals surface area contributed by atoms with E-state index >= 15 is 0 Å². The number of fused-ring (bicyclic) bond motifs is 1. The first-order chi connectivity index (χ1) is 21.2. The summed E-state index contributed by atoms with van der Waals surface area (Å²) in [7, 11) is 0. The monoisotopic (exact) mass is 630 g/mol. The molecule has 12 N–H and O–H groups in total. The lowest BCUT2D eigenvalue weighted by Gasteiger charge is -2.27. The zero-order valence-corrected chi connectivity index (χ0v) is 25.3. The smallest absolute Gasteiger partial charge is 0.326 e. The van der Waals surface area contributed by atoms with E-state index in [2.05, 4.69) is 26.3 Å². The molecule has 1 aromatic heterocycles. The van der Waals surface area contributed by atoms with Gasteiger partial charge in [-0.3, -0.25) is 28.8 Å². The molecule has 2 rings (SSSR count). The highest BCUT2D eigenvalue weighted by Gasteiger charge is 2.32. The summed E-state index contributed by atoms with van der Waals surface area (Å²) in [6.45, 7) is 2.92. The number of para-hydroxylation sites is 1. The molecule has 1 heterocycles. The molecule has 16 nitrogen and oxygen atoms in total. The largest absolute Gasteiger partial charge is 0.480 e. The molecule has 246 valence electrons. The van der Waals surface area contributed by atoms with Gasteiger partial charge in [0.25, 0.3) is 0 Å². The van der Waals surface area contributed by atoms with Crippen LogP contribution in [0.2, 0.25) is 0 Å². The first kappa shape index (κ1) is 36.2. The Morgan fingerprint density at radius 3 is 2.13 bits per heavy atom. The van der Waals surface area contributed by atoms with Gasteiger partial charge in [-0.25, -0.2) is 4.79 Å². The fourth-order valence-corrected chi connectivity index (χ4v) is 4.46. The zero-order valence-electron chi connectivity index (χ0n) is 25.3. The third-order valence-corrected chi connectivity index (χ3v) is 7.30. The van der Waals surface area contributed by atoms with E-state index in [1.54, 1.807) is 13.1 Å². The normalized spacial score (nSPS) is 14.3. The maximum atomic E-state index is 13.5. The minimum atomic E-state index is -1.40. The standard InChI is InChI=1S/C29H42N8O8/c1-3-15(2)25(37-26(41)18(30)8-10-22(31)38)28(43)36-21(12-16-13-33-19-7-5-4-6-17(16)19)27(42)34-14-24(40)35-20(29(44)45)9-11-23(32)39/h4-7,13,15,18,20-21,25,33H,3,8-12,14,30H2,1-2H3,(H2,31,38)(H2,32,39)(H,34,42)(H,35,40)(H,36,43)(H,37,41)(H,44,45)/t15-,18-,20-,21-,25-/m0/s1. The molecule has 0 bridgehead atoms. The molecular formula is C29H42N8O8. The Labute approximate surface area is 259 Å². The van der Waals surface area contributed by atoms with Crippen LogP contribution < -0.4 is 38.5 Å². The number of aromatic nitrogens is 1. The lowest BCUT2D eigenvalue weighted by molar-refractivity contribution is -0.142. The molecule has 0 aliphatic heterocycles. The number of aromatic amines is 1. The minimum absolute atomic E-state index is 0.00112. The third kappa shape index (κ3) is 11.6. The number of hydrogen-bond donors (Lipinski definition) is 9. The van der Waals surface area contributed by atoms with Crippen molar-refractivity contribution < 1.29 is 38.7 Å². The number of H-pyrrole nitrogens is 1. The predicted octanol–water partition coefficient (Wildman–Crippen LogP) is -1.73. The second-order valence-electron chi connectivity index (χ2n) is 10.8. The molecule has 5 atom stereocenters. The number of amides is 6. The van der Waals surface area contributed by atoms with Crippen molar-refractivity contribution in [2.45, 2.75) is 76.5 Å². The van der Waals surface area contributed by atoms with Crippen molar-refractivity contribution in [3.8, 4) is 0 Å². The fourth-order valence-electron chi connectivity index (χ4n) is 4.46. The molecule has 2 aromatic rings. The van der Waals surface area contributed by atoms with Crippen LogP contribution in [-0.2, 0) is 40.0 Å². The Kier molecular flexibility index (Phi) is 14.0. The van der Waals surface area contributed by atoms with Gasteiger partial charge in [-0.1, -0.05) is 38.5 Å². The number of nitrogens with two attached hydrogens (primary N) is 3. The molecule has 6 amide bonds. The number of hydrogen-bond acceptors (Lipinski definition) is 8. The van der Waals surface area contributed by atoms with E-state index in [9.17, 15) is 38.7 Å². The molecule has 0 aliphatic rings. The topological polar surface area (TPSA) is 282 Å². The average Bonchev–Trinajstić information content (AvgIpc) is 3.40. The summed E-state index contributed by atoms with van der Waals surface area (Å²) in [5.74, 6) is -6.07. The summed E-state index contributed by atoms with van der Waals surface area (Å²) in [4.78, 5) is 88.8. The van der Waals surface area contributed by atoms with Crippen LogP contribution in [0.25, 0.3) is 10.9 Å². The van der Waals surface area contributed by atoms with Crippen LogP contribution in [-0.4, -0.2) is 82.2 Å². The first-order valence-electron chi connectivity index (χ1n) is 14.5. The van der Waals surface area contributed by atoms with E-state index in [-0.39, 0.29) is 38.0 Å². The second-order valence-corrected chi connectivity index (χ2v) is 10.8. The summed E-state index contributed by atoms with van der Waals surface area (Å²) in [5.41, 5.74) is 17.6. The highest BCUT2D eigenvalue weighted by atomic mass is 16.4. The number of nitrogens with one attached hydrogen (secondary N) is 5. The van der Waals surface area contributed by atoms with Crippen LogP contribution in [0.3, 0.4) is 0 Å². The van der Waals surface area contributed by atoms with Crippen LogP contribution in [0.1, 0.15) is 51.5 Å². The van der Waals surface area contributed by atoms with Crippen molar-refractivity contribution in [1.82, 2.24) is 26.3 Å². The Bertz CT molecular complexity index is 1390. The van der Waals surface area contributed by atoms with Gasteiger partial charge in [-0.2, -0.15) is 0 Å². The van der Waals surface area contributed by atoms with Gasteiger partial charge < -0.3 is 48.6 Å². The number of carboxylic acid groups (broad SMARTS) is 1. The highest BCUT2D eigenvalue weighted by molar-refractivity contribution is 5.95. The van der Waals surface area contributed by atoms with Crippen molar-refractivity contribution in [3.63, 3.8) is 0 Å². The SMILES string of the molecule is CC[C@H](C)[C@H](NC(=O)[C@@H](N)CCC(N)=O)C(=O)N[C@@H](Cc1c[nH]c2ccccc12)C(=O)NCC(=O)N[C@@H](CCC(N)=O)C(=O)O. The van der Waals surface area contributed by atoms with E-state index in [1.165, 1.54) is 0 Å². The molecule has 0 fully saturated rings. The quantitative estimate of drug-likeness (QED) is 0.0851. The molecule has 45 heavy (non-hydrogen) atoms. The van der Waals surface area contributed by atoms with Gasteiger partial charge in [-0.15, -0.1) is 0 Å². The molecular weight excluding hydrogens is 588 g/mol. The number of carbonyl (C=O) groups is 7. The van der Waals surface area contributed by atoms with Crippen molar-refractivity contribution in [1.29, 1.82) is 0 Å². The summed E-state index contributed by atoms with van der Waals surface area (Å²) in [5, 5.41) is 20.1. The van der Waals surface area contributed by atoms with Crippen LogP contribution in [0.5, 0.6) is 0 Å². The Balaban J connectivity index is 2.23. The lowest BCUT2D eigenvalue weighted by atomic mass is 9.96. The second kappa shape index (κ2) is 17.3. The zero-order chi connectivity index (χ0) is 33.7. The van der Waals surface area contributed by atoms with Crippen molar-refractivity contribution in [2.24, 2.45) is 23.1 Å². The van der Waals surface area contributed by atoms with Crippen LogP contribution in [0.4, 0.5) is 0 Å². The van der Waals surface area contributed by atoms with Gasteiger partial charge >= 0.3 is 5.97 Å². The summed E-state index contributed by atoms with van der Waals surface area (Å²) < 4.78 is 0. The van der Waals surface area contributed by atoms with E-state index < -0.39 is 72.1 Å². The molecule has 0 saturated heterocycles. The molecule has 1 aromatic carbocycles. The van der Waals surface area contributed by atoms with Gasteiger partial charge in [0.2, 0.25) is 35.4 Å². The minimum Gasteiger partial charge on any atom is -0.480 e. The Hall–Kier alpha value is -4.99. The lowest BCUT2D eigenvalue weighted by Crippen LogP contribution is -2.58. The van der Waals surface area contributed by atoms with E-state index in [0.29, 0.717) is 12.0 Å². The summed E-state index contributed by atoms with van der Waals surface area (Å²) >= 11 is 0. The van der Waals surface area contributed by atoms with Gasteiger partial charge in [0, 0.05) is 36.4 Å². The molecule has 0 unspecified atom stereocenters. The van der Waals surface area contributed by atoms with Crippen molar-refractivity contribution in [3.05, 3.63) is 36.0 Å². The van der Waals surface area contributed by atoms with E-state index in [4.69, 9.17) is 17.2 Å². The number of carbonyl (C=O) groups excluding carboxylic acids is 6. The number of aliphatic carboxylic acids is 1. The summed E-state index contributed by atoms with van der Waals surface area (Å²) in [6, 6.07) is 2.49. The highest BCUT2D eigenvalue weighted by Crippen LogP contribution is 2.19. The van der Waals surface area contributed by atoms with Crippen LogP contribution in [0.15, 0.2) is 30.5 Å². The predicted molar refractivity (Wildman–Crippen MR) is 163 cm³/mol. The van der Waals surface area contributed by atoms with Crippen molar-refractivity contribution >= 4 is 52.3 Å². The molecule has 16 heteroatoms. The molecule has 0 spiro atoms. The van der Waals surface area contributed by atoms with E-state index in [0.717, 1.165) is 10.9 Å². The maximum Gasteiger partial charge on any atom is 0.326 e. The molecule has 0 saturated carbocycles. The first-order valence-corrected chi connectivity index (χ1v) is 14.5. The Morgan fingerprint density at radius 2 is 1.51 bits per heavy atom. The van der Waals surface area contributed by atoms with E-state index in [1.807, 2.05) is 31.2 Å². The Morgan fingerprint density at radius 1 is 0.867 bits per heavy atom. The van der Waals surface area contributed by atoms with Crippen LogP contribution in [0, 0.1) is 5.92 Å². The number of primary amides is 2. The third-order valence-electron chi connectivity index (χ3n) is 7.30. The van der Waals surface area contributed by atoms with Crippen molar-refractivity contribution in [2.75, 3.05) is 6.54 Å². The fraction of sp³-hybridized carbons (Fsp3) is 0.483. The number of carboxylic acids is 1. The van der Waals surface area contributed by atoms with Gasteiger partial charge in [0.05, 0.1) is 12.6 Å². The molecule has 0 radical (unpaired) electrons. The van der Waals surface area contributed by atoms with Crippen LogP contribution >= 0.6 is 0 Å². The average molecular weight is 631 g/mol. The van der Waals surface area contributed by atoms with Gasteiger partial charge in [0.15, 0.2) is 0 Å². The number of rotatable bonds is 19. The number of benzene rings is 1. The van der Waals surface area contributed by atoms with Gasteiger partial charge in [-0.05, 0) is 30.4 Å².